The molecule has 0 amide bonds. The standard InChI is InChI=1S/C26H26ClNO3/c1-17-5-4-6-19(13-17)20-7-12-24-21(14-20)16-31-26(24,18(2)28(3)15-25(29)30)22-8-10-23(27)11-9-22/h4-14,18H,15-16H2,1-3H3,(H,29,30). The molecule has 0 aliphatic carbocycles. The van der Waals surface area contributed by atoms with Gasteiger partial charge in [0.2, 0.25) is 0 Å². The van der Waals surface area contributed by atoms with Crippen molar-refractivity contribution in [2.75, 3.05) is 13.6 Å². The molecule has 4 nitrogen and oxygen atoms in total. The molecule has 31 heavy (non-hydrogen) atoms. The van der Waals surface area contributed by atoms with Crippen molar-refractivity contribution in [1.82, 2.24) is 4.90 Å². The molecule has 3 aromatic carbocycles. The molecular weight excluding hydrogens is 410 g/mol. The Morgan fingerprint density at radius 2 is 1.84 bits per heavy atom. The molecule has 160 valence electrons. The largest absolute Gasteiger partial charge is 0.480 e. The first-order chi connectivity index (χ1) is 14.8. The van der Waals surface area contributed by atoms with Gasteiger partial charge < -0.3 is 9.84 Å². The number of carboxylic acid groups (broad SMARTS) is 1. The lowest BCUT2D eigenvalue weighted by molar-refractivity contribution is -0.140. The van der Waals surface area contributed by atoms with Crippen LogP contribution in [0.3, 0.4) is 0 Å². The van der Waals surface area contributed by atoms with Gasteiger partial charge in [0.15, 0.2) is 0 Å². The Balaban J connectivity index is 1.83. The molecule has 2 atom stereocenters. The number of aryl methyl sites for hydroxylation is 1. The van der Waals surface area contributed by atoms with E-state index in [4.69, 9.17) is 16.3 Å². The summed E-state index contributed by atoms with van der Waals surface area (Å²) in [6.07, 6.45) is 0. The van der Waals surface area contributed by atoms with Crippen molar-refractivity contribution in [2.24, 2.45) is 0 Å². The minimum Gasteiger partial charge on any atom is -0.480 e. The summed E-state index contributed by atoms with van der Waals surface area (Å²) >= 11 is 6.15. The zero-order valence-electron chi connectivity index (χ0n) is 17.9. The average Bonchev–Trinajstić information content (AvgIpc) is 3.13. The number of likely N-dealkylation sites (N-methyl/N-ethyl adjacent to an activating group) is 1. The number of nitrogens with zero attached hydrogens (tertiary/aromatic N) is 1. The Bertz CT molecular complexity index is 1110. The summed E-state index contributed by atoms with van der Waals surface area (Å²) in [5, 5.41) is 10.00. The van der Waals surface area contributed by atoms with Crippen molar-refractivity contribution in [2.45, 2.75) is 32.1 Å². The SMILES string of the molecule is Cc1cccc(-c2ccc3c(c2)COC3(c2ccc(Cl)cc2)C(C)N(C)CC(=O)O)c1. The molecule has 0 bridgehead atoms. The van der Waals surface area contributed by atoms with E-state index < -0.39 is 11.6 Å². The minimum absolute atomic E-state index is 0.0728. The zero-order valence-corrected chi connectivity index (χ0v) is 18.7. The van der Waals surface area contributed by atoms with Gasteiger partial charge in [0.25, 0.3) is 0 Å². The van der Waals surface area contributed by atoms with Crippen LogP contribution in [0.1, 0.15) is 29.2 Å². The van der Waals surface area contributed by atoms with Crippen LogP contribution in [0.25, 0.3) is 11.1 Å². The second-order valence-corrected chi connectivity index (χ2v) is 8.69. The first-order valence-corrected chi connectivity index (χ1v) is 10.7. The lowest BCUT2D eigenvalue weighted by atomic mass is 9.79. The van der Waals surface area contributed by atoms with Crippen LogP contribution in [-0.2, 0) is 21.7 Å². The highest BCUT2D eigenvalue weighted by Gasteiger charge is 2.48. The van der Waals surface area contributed by atoms with Crippen molar-refractivity contribution in [3.63, 3.8) is 0 Å². The van der Waals surface area contributed by atoms with Gasteiger partial charge in [0.05, 0.1) is 13.2 Å². The first-order valence-electron chi connectivity index (χ1n) is 10.3. The Labute approximate surface area is 188 Å². The van der Waals surface area contributed by atoms with E-state index >= 15 is 0 Å². The maximum absolute atomic E-state index is 11.4. The van der Waals surface area contributed by atoms with E-state index in [2.05, 4.69) is 49.4 Å². The summed E-state index contributed by atoms with van der Waals surface area (Å²) in [4.78, 5) is 13.2. The van der Waals surface area contributed by atoms with Gasteiger partial charge in [0.1, 0.15) is 5.60 Å². The number of aliphatic carboxylic acids is 1. The second kappa shape index (κ2) is 8.46. The molecule has 0 radical (unpaired) electrons. The third-order valence-corrected chi connectivity index (χ3v) is 6.47. The Hall–Kier alpha value is -2.66. The number of ether oxygens (including phenoxy) is 1. The Morgan fingerprint density at radius 1 is 1.13 bits per heavy atom. The normalized spacial score (nSPS) is 18.7. The van der Waals surface area contributed by atoms with Crippen LogP contribution >= 0.6 is 11.6 Å². The van der Waals surface area contributed by atoms with Gasteiger partial charge in [-0.1, -0.05) is 65.7 Å². The number of hydrogen-bond donors (Lipinski definition) is 1. The number of carbonyl (C=O) groups is 1. The van der Waals surface area contributed by atoms with Crippen molar-refractivity contribution in [1.29, 1.82) is 0 Å². The van der Waals surface area contributed by atoms with Crippen LogP contribution in [0.2, 0.25) is 5.02 Å². The third-order valence-electron chi connectivity index (χ3n) is 6.22. The fourth-order valence-electron chi connectivity index (χ4n) is 4.53. The molecule has 0 spiro atoms. The van der Waals surface area contributed by atoms with Gasteiger partial charge in [0, 0.05) is 11.1 Å². The summed E-state index contributed by atoms with van der Waals surface area (Å²) in [5.74, 6) is -0.867. The zero-order chi connectivity index (χ0) is 22.2. The smallest absolute Gasteiger partial charge is 0.317 e. The Morgan fingerprint density at radius 3 is 2.52 bits per heavy atom. The summed E-state index contributed by atoms with van der Waals surface area (Å²) in [6, 6.07) is 22.3. The van der Waals surface area contributed by atoms with Crippen LogP contribution in [0, 0.1) is 6.92 Å². The van der Waals surface area contributed by atoms with Gasteiger partial charge >= 0.3 is 5.97 Å². The molecule has 1 aliphatic rings. The van der Waals surface area contributed by atoms with E-state index in [-0.39, 0.29) is 12.6 Å². The fraction of sp³-hybridized carbons (Fsp3) is 0.269. The van der Waals surface area contributed by atoms with E-state index in [1.165, 1.54) is 11.1 Å². The van der Waals surface area contributed by atoms with Crippen molar-refractivity contribution in [3.8, 4) is 11.1 Å². The topological polar surface area (TPSA) is 49.8 Å². The van der Waals surface area contributed by atoms with E-state index in [0.717, 1.165) is 22.3 Å². The molecule has 1 N–H and O–H groups in total. The Kier molecular flexibility index (Phi) is 5.89. The third kappa shape index (κ3) is 3.99. The second-order valence-electron chi connectivity index (χ2n) is 8.26. The molecule has 0 saturated carbocycles. The van der Waals surface area contributed by atoms with Crippen molar-refractivity contribution >= 4 is 17.6 Å². The molecular formula is C26H26ClNO3. The highest BCUT2D eigenvalue weighted by atomic mass is 35.5. The molecule has 0 aromatic heterocycles. The molecule has 3 aromatic rings. The summed E-state index contributed by atoms with van der Waals surface area (Å²) < 4.78 is 6.54. The van der Waals surface area contributed by atoms with Gasteiger partial charge in [-0.25, -0.2) is 0 Å². The number of hydrogen-bond acceptors (Lipinski definition) is 3. The van der Waals surface area contributed by atoms with Crippen molar-refractivity contribution < 1.29 is 14.6 Å². The number of halogens is 1. The predicted octanol–water partition coefficient (Wildman–Crippen LogP) is 5.49. The number of rotatable bonds is 6. The summed E-state index contributed by atoms with van der Waals surface area (Å²) in [6.45, 7) is 4.49. The van der Waals surface area contributed by atoms with Gasteiger partial charge in [-0.2, -0.15) is 0 Å². The number of carboxylic acids is 1. The first kappa shape index (κ1) is 21.6. The molecule has 1 heterocycles. The predicted molar refractivity (Wildman–Crippen MR) is 123 cm³/mol. The van der Waals surface area contributed by atoms with Gasteiger partial charge in [-0.05, 0) is 66.9 Å². The lowest BCUT2D eigenvalue weighted by Gasteiger charge is -2.40. The van der Waals surface area contributed by atoms with Crippen LogP contribution in [0.4, 0.5) is 0 Å². The van der Waals surface area contributed by atoms with Crippen LogP contribution in [-0.4, -0.2) is 35.6 Å². The maximum Gasteiger partial charge on any atom is 0.317 e. The molecule has 1 aliphatic heterocycles. The molecule has 0 fully saturated rings. The maximum atomic E-state index is 11.4. The van der Waals surface area contributed by atoms with Gasteiger partial charge in [-0.15, -0.1) is 0 Å². The lowest BCUT2D eigenvalue weighted by Crippen LogP contribution is -2.49. The van der Waals surface area contributed by atoms with Crippen LogP contribution in [0.15, 0.2) is 66.7 Å². The van der Waals surface area contributed by atoms with Crippen LogP contribution < -0.4 is 0 Å². The molecule has 5 heteroatoms. The van der Waals surface area contributed by atoms with Crippen molar-refractivity contribution in [3.05, 3.63) is 94.0 Å². The quantitative estimate of drug-likeness (QED) is 0.555. The fourth-order valence-corrected chi connectivity index (χ4v) is 4.66. The molecule has 0 saturated heterocycles. The monoisotopic (exact) mass is 435 g/mol. The van der Waals surface area contributed by atoms with E-state index in [9.17, 15) is 9.90 Å². The van der Waals surface area contributed by atoms with E-state index in [1.807, 2.05) is 43.1 Å². The molecule has 2 unspecified atom stereocenters. The highest BCUT2D eigenvalue weighted by Crippen LogP contribution is 2.47. The van der Waals surface area contributed by atoms with E-state index in [1.54, 1.807) is 0 Å². The summed E-state index contributed by atoms with van der Waals surface area (Å²) in [5.41, 5.74) is 5.89. The molecule has 4 rings (SSSR count). The highest BCUT2D eigenvalue weighted by molar-refractivity contribution is 6.30. The average molecular weight is 436 g/mol. The van der Waals surface area contributed by atoms with E-state index in [0.29, 0.717) is 11.6 Å². The van der Waals surface area contributed by atoms with Crippen LogP contribution in [0.5, 0.6) is 0 Å². The number of fused-ring (bicyclic) bond motifs is 1. The summed E-state index contributed by atoms with van der Waals surface area (Å²) in [7, 11) is 1.82. The minimum atomic E-state index is -0.867. The number of benzene rings is 3. The van der Waals surface area contributed by atoms with Gasteiger partial charge in [-0.3, -0.25) is 9.69 Å².